The third-order valence-electron chi connectivity index (χ3n) is 17.5. The summed E-state index contributed by atoms with van der Waals surface area (Å²) in [4.78, 5) is 242. The fourth-order valence-corrected chi connectivity index (χ4v) is 12.0. The van der Waals surface area contributed by atoms with E-state index < -0.39 is 248 Å². The molecule has 0 unspecified atom stereocenters. The van der Waals surface area contributed by atoms with E-state index in [-0.39, 0.29) is 76.2 Å². The number of hydrogen-bond acceptors (Lipinski definition) is 23. The Kier molecular flexibility index (Phi) is 46.8. The fourth-order valence-electron chi connectivity index (χ4n) is 11.3. The Morgan fingerprint density at radius 3 is 1.17 bits per heavy atom. The lowest BCUT2D eigenvalue weighted by molar-refractivity contribution is -0.142. The standard InChI is InChI=1S/C74H115N17O22S2/c1-39(2)32-50(63(101)79-36-58(95)80-49(74(112)113)22-26-57(78)94)86-69(107)52(34-42-16-10-8-11-17-42)87-70(108)53(35-43-18-12-9-13-19-43)88-73(111)61(41(5)6)91-67(105)48(24-28-60(98)99)82-65(103)46(21-25-56(77)93)84-72(110)55(38-114)90-71(109)54(37-92)89-64(102)45(20-14-15-30-75)81-66(104)47(23-27-59(96)97)83-68(106)51(33-40(3)4)85-62(100)44(76)29-31-115-7/h8-13,16-19,39-41,44-55,61,92,114H,14-15,20-38,75-76H2,1-7H3,(H2,77,93)(H2,78,94)(H,79,101)(H,80,95)(H,81,104)(H,82,103)(H,83,106)(H,84,110)(H,85,100)(H,86,107)(H,87,108)(H,88,111)(H,89,102)(H,90,109)(H,91,105)(H,96,97)(H,98,99)(H,112,113)/t44-,45-,46-,47-,48-,49-,50-,51-,52-,53-,54-,55-,61-/m0/s1. The molecule has 640 valence electrons. The van der Waals surface area contributed by atoms with E-state index in [9.17, 15) is 107 Å². The number of aliphatic hydroxyl groups excluding tert-OH is 1. The Labute approximate surface area is 676 Å². The number of primary amides is 2. The number of nitrogens with two attached hydrogens (primary N) is 4. The molecule has 0 radical (unpaired) electrons. The monoisotopic (exact) mass is 1660 g/mol. The summed E-state index contributed by atoms with van der Waals surface area (Å²) in [7, 11) is 0. The summed E-state index contributed by atoms with van der Waals surface area (Å²) in [6, 6.07) is -3.60. The van der Waals surface area contributed by atoms with Gasteiger partial charge in [0, 0.05) is 44.3 Å². The number of carbonyl (C=O) groups is 18. The van der Waals surface area contributed by atoms with E-state index in [1.54, 1.807) is 88.4 Å². The molecule has 0 heterocycles. The van der Waals surface area contributed by atoms with Crippen LogP contribution in [0.3, 0.4) is 0 Å². The van der Waals surface area contributed by atoms with Crippen molar-refractivity contribution in [3.05, 3.63) is 71.8 Å². The Balaban J connectivity index is 2.50. The lowest BCUT2D eigenvalue weighted by Gasteiger charge is -2.29. The number of rotatable bonds is 57. The van der Waals surface area contributed by atoms with Gasteiger partial charge in [-0.25, -0.2) is 4.79 Å². The van der Waals surface area contributed by atoms with Crippen molar-refractivity contribution in [1.82, 2.24) is 69.1 Å². The van der Waals surface area contributed by atoms with Gasteiger partial charge in [0.2, 0.25) is 88.6 Å². The summed E-state index contributed by atoms with van der Waals surface area (Å²) in [5.74, 6) is -20.5. The van der Waals surface area contributed by atoms with Crippen LogP contribution < -0.4 is 92.1 Å². The summed E-state index contributed by atoms with van der Waals surface area (Å²) >= 11 is 5.63. The van der Waals surface area contributed by atoms with Gasteiger partial charge in [0.05, 0.1) is 19.2 Å². The SMILES string of the molecule is CSCC[C@H](N)C(=O)N[C@@H](CC(C)C)C(=O)N[C@@H](CCC(=O)O)C(=O)N[C@@H](CCCCN)C(=O)N[C@@H](CO)C(=O)N[C@@H](CS)C(=O)N[C@@H](CCC(N)=O)C(=O)N[C@@H](CCC(=O)O)C(=O)N[C@H](C(=O)N[C@@H](Cc1ccccc1)C(=O)N[C@@H](Cc1ccccc1)C(=O)N[C@@H](CC(C)C)C(=O)NCC(=O)N[C@@H](CCC(N)=O)C(=O)O)C(C)C. The van der Waals surface area contributed by atoms with E-state index in [2.05, 4.69) is 81.7 Å². The first kappa shape index (κ1) is 101. The van der Waals surface area contributed by atoms with Gasteiger partial charge >= 0.3 is 17.9 Å². The Morgan fingerprint density at radius 2 is 0.765 bits per heavy atom. The molecule has 2 rings (SSSR count). The van der Waals surface area contributed by atoms with Crippen molar-refractivity contribution < 1.29 is 107 Å². The van der Waals surface area contributed by atoms with Crippen LogP contribution in [0.5, 0.6) is 0 Å². The highest BCUT2D eigenvalue weighted by Crippen LogP contribution is 2.16. The molecule has 0 aliphatic rings. The van der Waals surface area contributed by atoms with Crippen LogP contribution in [0, 0.1) is 17.8 Å². The van der Waals surface area contributed by atoms with Crippen molar-refractivity contribution in [2.45, 2.75) is 223 Å². The summed E-state index contributed by atoms with van der Waals surface area (Å²) in [5, 5.41) is 71.3. The number of thioether (sulfide) groups is 1. The molecule has 0 saturated carbocycles. The molecule has 0 aromatic heterocycles. The van der Waals surface area contributed by atoms with Gasteiger partial charge in [-0.2, -0.15) is 24.4 Å². The second kappa shape index (κ2) is 53.5. The van der Waals surface area contributed by atoms with Gasteiger partial charge in [0.25, 0.3) is 0 Å². The molecule has 0 fully saturated rings. The van der Waals surface area contributed by atoms with Crippen LogP contribution in [0.1, 0.15) is 143 Å². The third kappa shape index (κ3) is 39.9. The highest BCUT2D eigenvalue weighted by atomic mass is 32.2. The van der Waals surface area contributed by atoms with Gasteiger partial charge in [-0.05, 0) is 112 Å². The number of aliphatic carboxylic acids is 3. The number of amides is 15. The number of carboxylic acid groups (broad SMARTS) is 3. The van der Waals surface area contributed by atoms with E-state index in [0.717, 1.165) is 0 Å². The summed E-state index contributed by atoms with van der Waals surface area (Å²) in [6.07, 6.45) is -2.44. The van der Waals surface area contributed by atoms with E-state index in [1.807, 2.05) is 6.26 Å². The van der Waals surface area contributed by atoms with Crippen LogP contribution in [0.15, 0.2) is 60.7 Å². The van der Waals surface area contributed by atoms with Crippen molar-refractivity contribution in [3.63, 3.8) is 0 Å². The van der Waals surface area contributed by atoms with Crippen molar-refractivity contribution in [3.8, 4) is 0 Å². The number of nitrogens with one attached hydrogen (secondary N) is 13. The molecule has 115 heavy (non-hydrogen) atoms. The molecule has 25 N–H and O–H groups in total. The molecule has 0 bridgehead atoms. The number of thiol groups is 1. The molecule has 15 amide bonds. The largest absolute Gasteiger partial charge is 0.481 e. The minimum Gasteiger partial charge on any atom is -0.481 e. The molecule has 0 aliphatic carbocycles. The minimum atomic E-state index is -1.90. The van der Waals surface area contributed by atoms with Crippen LogP contribution in [0.25, 0.3) is 0 Å². The van der Waals surface area contributed by atoms with E-state index in [4.69, 9.17) is 22.9 Å². The van der Waals surface area contributed by atoms with Gasteiger partial charge < -0.3 is 112 Å². The first-order valence-corrected chi connectivity index (χ1v) is 39.6. The number of hydrogen-bond donors (Lipinski definition) is 22. The Bertz CT molecular complexity index is 3600. The van der Waals surface area contributed by atoms with Crippen molar-refractivity contribution in [2.24, 2.45) is 40.7 Å². The van der Waals surface area contributed by atoms with E-state index in [1.165, 1.54) is 25.6 Å². The van der Waals surface area contributed by atoms with Gasteiger partial charge in [0.1, 0.15) is 72.5 Å². The molecule has 0 saturated heterocycles. The van der Waals surface area contributed by atoms with E-state index >= 15 is 0 Å². The van der Waals surface area contributed by atoms with Crippen molar-refractivity contribution >= 4 is 131 Å². The predicted octanol–water partition coefficient (Wildman–Crippen LogP) is -4.37. The van der Waals surface area contributed by atoms with Crippen LogP contribution in [-0.4, -0.2) is 243 Å². The minimum absolute atomic E-state index is 0.00850. The number of carboxylic acids is 3. The number of unbranched alkanes of at least 4 members (excludes halogenated alkanes) is 1. The average molecular weight is 1660 g/mol. The van der Waals surface area contributed by atoms with Gasteiger partial charge in [-0.15, -0.1) is 0 Å². The fraction of sp³-hybridized carbons (Fsp3) is 0.595. The van der Waals surface area contributed by atoms with Crippen LogP contribution in [-0.2, 0) is 99.1 Å². The van der Waals surface area contributed by atoms with Crippen molar-refractivity contribution in [1.29, 1.82) is 0 Å². The lowest BCUT2D eigenvalue weighted by atomic mass is 9.99. The molecular formula is C74H115N17O22S2. The molecule has 13 atom stereocenters. The quantitative estimate of drug-likeness (QED) is 0.0220. The number of aliphatic hydroxyl groups is 1. The first-order chi connectivity index (χ1) is 54.2. The van der Waals surface area contributed by atoms with Gasteiger partial charge in [-0.1, -0.05) is 102 Å². The lowest BCUT2D eigenvalue weighted by Crippen LogP contribution is -2.62. The highest BCUT2D eigenvalue weighted by Gasteiger charge is 2.39. The summed E-state index contributed by atoms with van der Waals surface area (Å²) < 4.78 is 0. The van der Waals surface area contributed by atoms with Gasteiger partial charge in [0.15, 0.2) is 0 Å². The second-order valence-electron chi connectivity index (χ2n) is 28.6. The normalized spacial score (nSPS) is 14.5. The number of benzene rings is 2. The maximum atomic E-state index is 14.8. The topological polar surface area (TPSA) is 649 Å². The zero-order chi connectivity index (χ0) is 86.6. The number of carbonyl (C=O) groups excluding carboxylic acids is 15. The van der Waals surface area contributed by atoms with Crippen molar-refractivity contribution in [2.75, 3.05) is 37.5 Å². The highest BCUT2D eigenvalue weighted by molar-refractivity contribution is 7.98. The molecular weight excluding hydrogens is 1540 g/mol. The average Bonchev–Trinajstić information content (AvgIpc) is 0.849. The van der Waals surface area contributed by atoms with Crippen LogP contribution in [0.2, 0.25) is 0 Å². The van der Waals surface area contributed by atoms with Gasteiger partial charge in [-0.3, -0.25) is 81.5 Å². The summed E-state index contributed by atoms with van der Waals surface area (Å²) in [5.41, 5.74) is 23.4. The Morgan fingerprint density at radius 1 is 0.409 bits per heavy atom. The zero-order valence-corrected chi connectivity index (χ0v) is 67.4. The van der Waals surface area contributed by atoms with Crippen LogP contribution >= 0.6 is 24.4 Å². The van der Waals surface area contributed by atoms with E-state index in [0.29, 0.717) is 23.3 Å². The maximum absolute atomic E-state index is 14.8. The molecule has 2 aromatic rings. The molecule has 0 spiro atoms. The summed E-state index contributed by atoms with van der Waals surface area (Å²) in [6.45, 7) is 8.24. The first-order valence-electron chi connectivity index (χ1n) is 37.6. The molecule has 2 aromatic carbocycles. The maximum Gasteiger partial charge on any atom is 0.326 e. The predicted molar refractivity (Wildman–Crippen MR) is 423 cm³/mol. The molecule has 39 nitrogen and oxygen atoms in total. The second-order valence-corrected chi connectivity index (χ2v) is 29.9. The zero-order valence-electron chi connectivity index (χ0n) is 65.7. The molecule has 41 heteroatoms. The third-order valence-corrected chi connectivity index (χ3v) is 18.6. The molecule has 0 aliphatic heterocycles. The smallest absolute Gasteiger partial charge is 0.326 e. The Hall–Kier alpha value is -10.5. The van der Waals surface area contributed by atoms with Crippen LogP contribution in [0.4, 0.5) is 0 Å².